The molecule has 1 amide bonds. The molecule has 0 saturated heterocycles. The van der Waals surface area contributed by atoms with Gasteiger partial charge in [0.1, 0.15) is 5.69 Å². The molecule has 0 bridgehead atoms. The summed E-state index contributed by atoms with van der Waals surface area (Å²) in [5.41, 5.74) is 9.44. The van der Waals surface area contributed by atoms with Crippen molar-refractivity contribution in [3.8, 4) is 0 Å². The molecule has 144 valence electrons. The normalized spacial score (nSPS) is 13.9. The molecule has 0 saturated carbocycles. The first kappa shape index (κ1) is 18.7. The summed E-state index contributed by atoms with van der Waals surface area (Å²) in [6, 6.07) is 18.6. The number of nitrogens with zero attached hydrogens (tertiary/aromatic N) is 3. The number of anilines is 2. The van der Waals surface area contributed by atoms with Gasteiger partial charge in [0.25, 0.3) is 5.91 Å². The predicted octanol–water partition coefficient (Wildman–Crippen LogP) is 3.70. The summed E-state index contributed by atoms with van der Waals surface area (Å²) in [5, 5.41) is 2.77. The van der Waals surface area contributed by atoms with Crippen LogP contribution in [0.2, 0.25) is 0 Å². The minimum absolute atomic E-state index is 0.0338. The predicted molar refractivity (Wildman–Crippen MR) is 115 cm³/mol. The van der Waals surface area contributed by atoms with Crippen LogP contribution in [0, 0.1) is 0 Å². The van der Waals surface area contributed by atoms with Crippen LogP contribution in [0.15, 0.2) is 60.0 Å². The molecular weight excluding hydrogens is 368 g/mol. The summed E-state index contributed by atoms with van der Waals surface area (Å²) in [6.07, 6.45) is 1.62. The molecule has 4 rings (SSSR count). The van der Waals surface area contributed by atoms with Gasteiger partial charge in [-0.05, 0) is 30.7 Å². The molecule has 1 aliphatic heterocycles. The smallest absolute Gasteiger partial charge is 0.277 e. The fraction of sp³-hybridized carbons (Fsp3) is 0.273. The zero-order valence-electron chi connectivity index (χ0n) is 15.8. The van der Waals surface area contributed by atoms with Gasteiger partial charge in [-0.15, -0.1) is 11.3 Å². The number of fused-ring (bicyclic) bond motifs is 1. The van der Waals surface area contributed by atoms with E-state index < -0.39 is 0 Å². The number of amides is 1. The molecular formula is C22H24N4OS. The summed E-state index contributed by atoms with van der Waals surface area (Å²) < 4.78 is 0. The summed E-state index contributed by atoms with van der Waals surface area (Å²) >= 11 is 1.51. The second-order valence-corrected chi connectivity index (χ2v) is 7.81. The van der Waals surface area contributed by atoms with Crippen molar-refractivity contribution in [1.82, 2.24) is 4.98 Å². The van der Waals surface area contributed by atoms with E-state index in [2.05, 4.69) is 40.2 Å². The van der Waals surface area contributed by atoms with Crippen molar-refractivity contribution in [3.63, 3.8) is 0 Å². The first-order valence-corrected chi connectivity index (χ1v) is 10.5. The highest BCUT2D eigenvalue weighted by Gasteiger charge is 2.26. The van der Waals surface area contributed by atoms with Gasteiger partial charge in [0, 0.05) is 31.4 Å². The molecule has 6 heteroatoms. The average molecular weight is 393 g/mol. The molecule has 0 atom stereocenters. The Morgan fingerprint density at radius 1 is 1.04 bits per heavy atom. The van der Waals surface area contributed by atoms with Crippen LogP contribution in [0.25, 0.3) is 0 Å². The number of para-hydroxylation sites is 2. The quantitative estimate of drug-likeness (QED) is 0.719. The zero-order valence-corrected chi connectivity index (χ0v) is 16.6. The van der Waals surface area contributed by atoms with Crippen LogP contribution in [-0.2, 0) is 13.0 Å². The van der Waals surface area contributed by atoms with E-state index in [4.69, 9.17) is 5.73 Å². The van der Waals surface area contributed by atoms with Gasteiger partial charge in [-0.1, -0.05) is 42.5 Å². The fourth-order valence-electron chi connectivity index (χ4n) is 3.59. The number of hydrogen-bond donors (Lipinski definition) is 1. The van der Waals surface area contributed by atoms with Crippen molar-refractivity contribution >= 4 is 28.6 Å². The third kappa shape index (κ3) is 3.93. The molecule has 0 aliphatic carbocycles. The number of thiazole rings is 1. The molecule has 1 aliphatic rings. The molecule has 28 heavy (non-hydrogen) atoms. The average Bonchev–Trinajstić information content (AvgIpc) is 3.12. The zero-order chi connectivity index (χ0) is 19.3. The van der Waals surface area contributed by atoms with Crippen LogP contribution in [-0.4, -0.2) is 30.5 Å². The summed E-state index contributed by atoms with van der Waals surface area (Å²) in [7, 11) is 0. The third-order valence-corrected chi connectivity index (χ3v) is 5.82. The molecule has 0 unspecified atom stereocenters. The van der Waals surface area contributed by atoms with Crippen LogP contribution in [0.1, 0.15) is 27.5 Å². The van der Waals surface area contributed by atoms with Gasteiger partial charge in [-0.25, -0.2) is 4.98 Å². The monoisotopic (exact) mass is 392 g/mol. The first-order valence-electron chi connectivity index (χ1n) is 9.60. The third-order valence-electron chi connectivity index (χ3n) is 4.91. The van der Waals surface area contributed by atoms with E-state index in [1.54, 1.807) is 0 Å². The lowest BCUT2D eigenvalue weighted by Gasteiger charge is -2.26. The van der Waals surface area contributed by atoms with E-state index in [0.717, 1.165) is 35.9 Å². The van der Waals surface area contributed by atoms with Crippen LogP contribution >= 0.6 is 11.3 Å². The van der Waals surface area contributed by atoms with Crippen molar-refractivity contribution in [3.05, 3.63) is 76.2 Å². The molecule has 0 radical (unpaired) electrons. The van der Waals surface area contributed by atoms with Gasteiger partial charge in [-0.3, -0.25) is 4.79 Å². The highest BCUT2D eigenvalue weighted by Crippen LogP contribution is 2.34. The van der Waals surface area contributed by atoms with Gasteiger partial charge in [-0.2, -0.15) is 0 Å². The van der Waals surface area contributed by atoms with Crippen LogP contribution < -0.4 is 15.5 Å². The van der Waals surface area contributed by atoms with E-state index in [0.29, 0.717) is 25.2 Å². The first-order chi connectivity index (χ1) is 13.8. The second-order valence-electron chi connectivity index (χ2n) is 6.87. The maximum Gasteiger partial charge on any atom is 0.277 e. The van der Waals surface area contributed by atoms with Crippen LogP contribution in [0.3, 0.4) is 0 Å². The minimum atomic E-state index is -0.0338. The van der Waals surface area contributed by atoms with Crippen LogP contribution in [0.4, 0.5) is 11.4 Å². The molecule has 2 N–H and O–H groups in total. The molecule has 2 aromatic carbocycles. The maximum absolute atomic E-state index is 13.2. The van der Waals surface area contributed by atoms with Gasteiger partial charge in [0.15, 0.2) is 0 Å². The molecule has 1 aromatic heterocycles. The Balaban J connectivity index is 1.63. The highest BCUT2D eigenvalue weighted by molar-refractivity contribution is 7.09. The van der Waals surface area contributed by atoms with E-state index in [-0.39, 0.29) is 5.91 Å². The van der Waals surface area contributed by atoms with Gasteiger partial charge in [0.2, 0.25) is 0 Å². The number of hydrogen-bond acceptors (Lipinski definition) is 5. The Hall–Kier alpha value is -2.70. The van der Waals surface area contributed by atoms with Gasteiger partial charge < -0.3 is 15.5 Å². The lowest BCUT2D eigenvalue weighted by atomic mass is 10.1. The lowest BCUT2D eigenvalue weighted by Crippen LogP contribution is -2.31. The van der Waals surface area contributed by atoms with E-state index in [1.807, 2.05) is 34.5 Å². The molecule has 2 heterocycles. The summed E-state index contributed by atoms with van der Waals surface area (Å²) in [4.78, 5) is 22.0. The fourth-order valence-corrected chi connectivity index (χ4v) is 4.37. The molecule has 5 nitrogen and oxygen atoms in total. The van der Waals surface area contributed by atoms with Crippen LogP contribution in [0.5, 0.6) is 0 Å². The van der Waals surface area contributed by atoms with E-state index in [1.165, 1.54) is 16.9 Å². The van der Waals surface area contributed by atoms with Gasteiger partial charge >= 0.3 is 0 Å². The Morgan fingerprint density at radius 2 is 1.79 bits per heavy atom. The summed E-state index contributed by atoms with van der Waals surface area (Å²) in [5.74, 6) is -0.0338. The van der Waals surface area contributed by atoms with Crippen molar-refractivity contribution in [2.24, 2.45) is 5.73 Å². The Kier molecular flexibility index (Phi) is 5.69. The van der Waals surface area contributed by atoms with E-state index in [9.17, 15) is 4.79 Å². The Labute approximate surface area is 169 Å². The number of carbonyl (C=O) groups excluding carboxylic acids is 1. The van der Waals surface area contributed by atoms with Crippen molar-refractivity contribution in [1.29, 1.82) is 0 Å². The largest absolute Gasteiger partial charge is 0.365 e. The van der Waals surface area contributed by atoms with Crippen molar-refractivity contribution in [2.45, 2.75) is 19.4 Å². The highest BCUT2D eigenvalue weighted by atomic mass is 32.1. The molecule has 3 aromatic rings. The number of aromatic nitrogens is 1. The molecule has 0 fully saturated rings. The van der Waals surface area contributed by atoms with E-state index >= 15 is 0 Å². The summed E-state index contributed by atoms with van der Waals surface area (Å²) in [6.45, 7) is 2.97. The number of carbonyl (C=O) groups is 1. The van der Waals surface area contributed by atoms with Crippen molar-refractivity contribution < 1.29 is 4.79 Å². The van der Waals surface area contributed by atoms with Gasteiger partial charge in [0.05, 0.1) is 16.4 Å². The molecule has 0 spiro atoms. The number of rotatable bonds is 5. The topological polar surface area (TPSA) is 62.5 Å². The minimum Gasteiger partial charge on any atom is -0.365 e. The maximum atomic E-state index is 13.2. The lowest BCUT2D eigenvalue weighted by molar-refractivity contribution is 0.0983. The SMILES string of the molecule is NCCc1nc(C(=O)N2CCCN(Cc3ccccc3)c3ccccc32)cs1. The van der Waals surface area contributed by atoms with Crippen molar-refractivity contribution in [2.75, 3.05) is 29.4 Å². The Bertz CT molecular complexity index is 940. The second kappa shape index (κ2) is 8.54. The Morgan fingerprint density at radius 3 is 2.57 bits per heavy atom. The number of benzene rings is 2. The standard InChI is InChI=1S/C22H24N4OS/c23-12-11-21-24-18(16-28-21)22(27)26-14-6-13-25(15-17-7-2-1-3-8-17)19-9-4-5-10-20(19)26/h1-5,7-10,16H,6,11-15,23H2. The number of nitrogens with two attached hydrogens (primary N) is 1.